The van der Waals surface area contributed by atoms with Crippen LogP contribution in [-0.4, -0.2) is 31.5 Å². The number of allylic oxidation sites excluding steroid dienone is 1. The highest BCUT2D eigenvalue weighted by atomic mass is 16.5. The van der Waals surface area contributed by atoms with Crippen molar-refractivity contribution in [3.8, 4) is 0 Å². The van der Waals surface area contributed by atoms with Crippen LogP contribution >= 0.6 is 0 Å². The van der Waals surface area contributed by atoms with Crippen LogP contribution < -0.4 is 16.8 Å². The van der Waals surface area contributed by atoms with Crippen LogP contribution in [0.5, 0.6) is 0 Å². The summed E-state index contributed by atoms with van der Waals surface area (Å²) in [5, 5.41) is 9.60. The predicted octanol–water partition coefficient (Wildman–Crippen LogP) is 0.721. The van der Waals surface area contributed by atoms with Gasteiger partial charge in [0.25, 0.3) is 0 Å². The van der Waals surface area contributed by atoms with E-state index in [-0.39, 0.29) is 11.9 Å². The molecular formula is C13H26N4O2. The molecule has 6 heteroatoms. The molecule has 6 nitrogen and oxygen atoms in total. The number of hydrogen-bond donors (Lipinski definition) is 4. The van der Waals surface area contributed by atoms with E-state index in [9.17, 15) is 4.79 Å². The van der Waals surface area contributed by atoms with Gasteiger partial charge in [-0.2, -0.15) is 0 Å². The van der Waals surface area contributed by atoms with Crippen LogP contribution in [0.2, 0.25) is 0 Å². The molecule has 0 aliphatic heterocycles. The lowest BCUT2D eigenvalue weighted by molar-refractivity contribution is -0.109. The molecule has 0 saturated heterocycles. The molecule has 0 aromatic heterocycles. The third-order valence-electron chi connectivity index (χ3n) is 2.91. The van der Waals surface area contributed by atoms with Crippen molar-refractivity contribution in [1.82, 2.24) is 5.32 Å². The third-order valence-corrected chi connectivity index (χ3v) is 2.91. The van der Waals surface area contributed by atoms with Crippen LogP contribution in [-0.2, 0) is 9.53 Å². The Balaban J connectivity index is 0.000000459. The lowest BCUT2D eigenvalue weighted by Gasteiger charge is -2.10. The number of nitrogens with one attached hydrogen (secondary N) is 2. The lowest BCUT2D eigenvalue weighted by Crippen LogP contribution is -2.19. The van der Waals surface area contributed by atoms with Crippen LogP contribution in [0.15, 0.2) is 11.8 Å². The third kappa shape index (κ3) is 8.20. The Labute approximate surface area is 115 Å². The fourth-order valence-electron chi connectivity index (χ4n) is 1.89. The first-order valence-electron chi connectivity index (χ1n) is 6.44. The zero-order chi connectivity index (χ0) is 14.8. The summed E-state index contributed by atoms with van der Waals surface area (Å²) in [6.07, 6.45) is 5.59. The molecule has 0 radical (unpaired) electrons. The SMILES string of the molecule is CC(C)NC=O.COC1CCC(/C(N)=C/C(=N)N)C1. The highest BCUT2D eigenvalue weighted by Gasteiger charge is 2.25. The molecule has 1 saturated carbocycles. The molecule has 6 N–H and O–H groups in total. The van der Waals surface area contributed by atoms with Crippen molar-refractivity contribution in [2.75, 3.05) is 7.11 Å². The second kappa shape index (κ2) is 9.38. The van der Waals surface area contributed by atoms with Crippen LogP contribution in [0.4, 0.5) is 0 Å². The number of hydrogen-bond acceptors (Lipinski definition) is 4. The van der Waals surface area contributed by atoms with Crippen molar-refractivity contribution in [1.29, 1.82) is 5.41 Å². The average molecular weight is 270 g/mol. The van der Waals surface area contributed by atoms with Crippen LogP contribution in [0.1, 0.15) is 33.1 Å². The number of amidine groups is 1. The molecule has 1 aliphatic rings. The maximum Gasteiger partial charge on any atom is 0.207 e. The number of rotatable bonds is 5. The molecule has 19 heavy (non-hydrogen) atoms. The van der Waals surface area contributed by atoms with Crippen molar-refractivity contribution < 1.29 is 9.53 Å². The van der Waals surface area contributed by atoms with Gasteiger partial charge < -0.3 is 21.5 Å². The van der Waals surface area contributed by atoms with Gasteiger partial charge in [0.1, 0.15) is 5.84 Å². The molecule has 1 amide bonds. The molecule has 0 spiro atoms. The van der Waals surface area contributed by atoms with E-state index >= 15 is 0 Å². The highest BCUT2D eigenvalue weighted by Crippen LogP contribution is 2.30. The van der Waals surface area contributed by atoms with Gasteiger partial charge in [-0.05, 0) is 39.2 Å². The van der Waals surface area contributed by atoms with E-state index in [0.717, 1.165) is 19.3 Å². The zero-order valence-corrected chi connectivity index (χ0v) is 12.0. The zero-order valence-electron chi connectivity index (χ0n) is 12.0. The predicted molar refractivity (Wildman–Crippen MR) is 76.7 cm³/mol. The van der Waals surface area contributed by atoms with Crippen molar-refractivity contribution in [3.05, 3.63) is 11.8 Å². The molecule has 0 bridgehead atoms. The first kappa shape index (κ1) is 17.4. The first-order valence-corrected chi connectivity index (χ1v) is 6.44. The first-order chi connectivity index (χ1) is 8.90. The van der Waals surface area contributed by atoms with Gasteiger partial charge in [-0.15, -0.1) is 0 Å². The fourth-order valence-corrected chi connectivity index (χ4v) is 1.89. The standard InChI is InChI=1S/C9H17N3O.C4H9NO/c1-13-7-3-2-6(4-7)8(10)5-9(11)12;1-4(2)5-3-6/h5-7H,2-4,10H2,1H3,(H3,11,12);3-4H,1-2H3,(H,5,6)/b8-5-;. The maximum absolute atomic E-state index is 9.50. The minimum absolute atomic E-state index is 0.0263. The summed E-state index contributed by atoms with van der Waals surface area (Å²) in [6, 6.07) is 0.280. The topological polar surface area (TPSA) is 114 Å². The Morgan fingerprint density at radius 2 is 2.05 bits per heavy atom. The molecule has 1 rings (SSSR count). The maximum atomic E-state index is 9.50. The molecular weight excluding hydrogens is 244 g/mol. The van der Waals surface area contributed by atoms with Gasteiger partial charge in [0.05, 0.1) is 6.10 Å². The van der Waals surface area contributed by atoms with Crippen molar-refractivity contribution in [2.24, 2.45) is 17.4 Å². The number of amides is 1. The molecule has 0 heterocycles. The molecule has 2 unspecified atom stereocenters. The number of carbonyl (C=O) groups is 1. The lowest BCUT2D eigenvalue weighted by atomic mass is 10.0. The summed E-state index contributed by atoms with van der Waals surface area (Å²) in [7, 11) is 1.72. The summed E-state index contributed by atoms with van der Waals surface area (Å²) in [5.41, 5.74) is 11.7. The van der Waals surface area contributed by atoms with Gasteiger partial charge in [-0.25, -0.2) is 0 Å². The average Bonchev–Trinajstić information content (AvgIpc) is 2.77. The summed E-state index contributed by atoms with van der Waals surface area (Å²) >= 11 is 0. The monoisotopic (exact) mass is 270 g/mol. The van der Waals surface area contributed by atoms with Gasteiger partial charge in [-0.1, -0.05) is 0 Å². The van der Waals surface area contributed by atoms with E-state index in [4.69, 9.17) is 21.6 Å². The van der Waals surface area contributed by atoms with E-state index in [1.54, 1.807) is 7.11 Å². The van der Waals surface area contributed by atoms with E-state index in [1.165, 1.54) is 6.08 Å². The normalized spacial score (nSPS) is 22.6. The molecule has 110 valence electrons. The number of ether oxygens (including phenoxy) is 1. The second-order valence-corrected chi connectivity index (χ2v) is 4.91. The van der Waals surface area contributed by atoms with Crippen molar-refractivity contribution >= 4 is 12.2 Å². The summed E-state index contributed by atoms with van der Waals surface area (Å²) in [6.45, 7) is 3.82. The minimum Gasteiger partial charge on any atom is -0.402 e. The van der Waals surface area contributed by atoms with Gasteiger partial charge in [0, 0.05) is 24.8 Å². The second-order valence-electron chi connectivity index (χ2n) is 4.91. The molecule has 2 atom stereocenters. The Morgan fingerprint density at radius 3 is 2.37 bits per heavy atom. The Morgan fingerprint density at radius 1 is 1.42 bits per heavy atom. The van der Waals surface area contributed by atoms with Crippen LogP contribution in [0, 0.1) is 11.3 Å². The largest absolute Gasteiger partial charge is 0.402 e. The quantitative estimate of drug-likeness (QED) is 0.335. The summed E-state index contributed by atoms with van der Waals surface area (Å²) < 4.78 is 5.23. The number of methoxy groups -OCH3 is 1. The van der Waals surface area contributed by atoms with E-state index in [2.05, 4.69) is 5.32 Å². The van der Waals surface area contributed by atoms with Crippen molar-refractivity contribution in [3.63, 3.8) is 0 Å². The summed E-state index contributed by atoms with van der Waals surface area (Å²) in [5.74, 6) is 0.368. The van der Waals surface area contributed by atoms with E-state index in [1.807, 2.05) is 13.8 Å². The van der Waals surface area contributed by atoms with Crippen molar-refractivity contribution in [2.45, 2.75) is 45.3 Å². The number of carbonyl (C=O) groups excluding carboxylic acids is 1. The fraction of sp³-hybridized carbons (Fsp3) is 0.692. The summed E-state index contributed by atoms with van der Waals surface area (Å²) in [4.78, 5) is 9.50. The van der Waals surface area contributed by atoms with Gasteiger partial charge in [0.2, 0.25) is 6.41 Å². The molecule has 1 aliphatic carbocycles. The van der Waals surface area contributed by atoms with E-state index < -0.39 is 0 Å². The van der Waals surface area contributed by atoms with Crippen LogP contribution in [0.25, 0.3) is 0 Å². The Bertz CT molecular complexity index is 316. The minimum atomic E-state index is 0.0263. The number of nitrogens with two attached hydrogens (primary N) is 2. The Kier molecular flexibility index (Phi) is 8.61. The van der Waals surface area contributed by atoms with Gasteiger partial charge in [-0.3, -0.25) is 10.2 Å². The van der Waals surface area contributed by atoms with Gasteiger partial charge in [0.15, 0.2) is 0 Å². The smallest absolute Gasteiger partial charge is 0.207 e. The molecule has 0 aromatic carbocycles. The van der Waals surface area contributed by atoms with Crippen LogP contribution in [0.3, 0.4) is 0 Å². The molecule has 0 aromatic rings. The van der Waals surface area contributed by atoms with Gasteiger partial charge >= 0.3 is 0 Å². The molecule has 1 fully saturated rings. The van der Waals surface area contributed by atoms with E-state index in [0.29, 0.717) is 24.1 Å². The highest BCUT2D eigenvalue weighted by molar-refractivity contribution is 5.89. The Hall–Kier alpha value is -1.56.